The fourth-order valence-corrected chi connectivity index (χ4v) is 4.88. The molecule has 0 bridgehead atoms. The van der Waals surface area contributed by atoms with Crippen LogP contribution in [0.4, 0.5) is 11.5 Å². The number of fused-ring (bicyclic) bond motifs is 1. The zero-order valence-corrected chi connectivity index (χ0v) is 19.2. The van der Waals surface area contributed by atoms with E-state index >= 15 is 0 Å². The van der Waals surface area contributed by atoms with Crippen LogP contribution in [0.15, 0.2) is 48.5 Å². The van der Waals surface area contributed by atoms with Crippen LogP contribution in [0.3, 0.4) is 0 Å². The van der Waals surface area contributed by atoms with Crippen LogP contribution in [0.1, 0.15) is 34.5 Å². The van der Waals surface area contributed by atoms with Gasteiger partial charge in [0.25, 0.3) is 11.7 Å². The quantitative estimate of drug-likeness (QED) is 0.538. The van der Waals surface area contributed by atoms with E-state index in [1.165, 1.54) is 18.4 Å². The van der Waals surface area contributed by atoms with Gasteiger partial charge in [0.05, 0.1) is 12.8 Å². The molecular formula is C26H27N5O2. The van der Waals surface area contributed by atoms with Gasteiger partial charge in [-0.15, -0.1) is 0 Å². The van der Waals surface area contributed by atoms with Crippen LogP contribution in [-0.2, 0) is 11.8 Å². The van der Waals surface area contributed by atoms with Gasteiger partial charge in [0.2, 0.25) is 0 Å². The first-order chi connectivity index (χ1) is 16.0. The Morgan fingerprint density at radius 3 is 2.33 bits per heavy atom. The first-order valence-corrected chi connectivity index (χ1v) is 11.2. The summed E-state index contributed by atoms with van der Waals surface area (Å²) in [4.78, 5) is 21.3. The van der Waals surface area contributed by atoms with E-state index in [0.29, 0.717) is 24.5 Å². The molecule has 1 saturated carbocycles. The Balaban J connectivity index is 1.47. The fraction of sp³-hybridized carbons (Fsp3) is 0.346. The van der Waals surface area contributed by atoms with E-state index in [-0.39, 0.29) is 11.3 Å². The van der Waals surface area contributed by atoms with E-state index in [2.05, 4.69) is 53.2 Å². The van der Waals surface area contributed by atoms with Gasteiger partial charge in [0.15, 0.2) is 0 Å². The Bertz CT molecular complexity index is 1230. The van der Waals surface area contributed by atoms with Gasteiger partial charge >= 0.3 is 0 Å². The largest absolute Gasteiger partial charge is 0.497 e. The molecule has 0 unspecified atom stereocenters. The average molecular weight is 442 g/mol. The lowest BCUT2D eigenvalue weighted by Crippen LogP contribution is -2.38. The monoisotopic (exact) mass is 441 g/mol. The Hall–Kier alpha value is -3.63. The molecule has 0 spiro atoms. The summed E-state index contributed by atoms with van der Waals surface area (Å²) < 4.78 is 6.84. The molecule has 1 fully saturated rings. The van der Waals surface area contributed by atoms with E-state index in [1.807, 2.05) is 24.3 Å². The van der Waals surface area contributed by atoms with Crippen molar-refractivity contribution >= 4 is 17.4 Å². The van der Waals surface area contributed by atoms with E-state index in [4.69, 9.17) is 11.3 Å². The molecule has 1 aliphatic carbocycles. The molecule has 3 aromatic rings. The highest BCUT2D eigenvalue weighted by Crippen LogP contribution is 2.48. The Morgan fingerprint density at radius 2 is 1.76 bits per heavy atom. The molecule has 1 aliphatic heterocycles. The number of rotatable bonds is 6. The highest BCUT2D eigenvalue weighted by molar-refractivity contribution is 6.08. The van der Waals surface area contributed by atoms with Gasteiger partial charge in [0.1, 0.15) is 11.4 Å². The highest BCUT2D eigenvalue weighted by Gasteiger charge is 2.44. The maximum atomic E-state index is 13.6. The van der Waals surface area contributed by atoms with Crippen LogP contribution in [0.2, 0.25) is 0 Å². The van der Waals surface area contributed by atoms with Crippen molar-refractivity contribution in [2.75, 3.05) is 39.2 Å². The number of carbonyl (C=O) groups is 1. The summed E-state index contributed by atoms with van der Waals surface area (Å²) in [5.74, 6) is 0.890. The summed E-state index contributed by atoms with van der Waals surface area (Å²) in [6, 6.07) is 15.8. The molecule has 0 radical (unpaired) electrons. The van der Waals surface area contributed by atoms with Crippen molar-refractivity contribution in [3.63, 3.8) is 0 Å². The number of likely N-dealkylation sites (N-methyl/N-ethyl adjacent to an activating group) is 1. The smallest absolute Gasteiger partial charge is 0.300 e. The van der Waals surface area contributed by atoms with Gasteiger partial charge < -0.3 is 19.4 Å². The van der Waals surface area contributed by atoms with E-state index in [1.54, 1.807) is 16.7 Å². The number of aromatic nitrogens is 2. The molecule has 2 aromatic carbocycles. The maximum absolute atomic E-state index is 13.6. The van der Waals surface area contributed by atoms with Crippen LogP contribution < -0.4 is 9.64 Å². The predicted octanol–water partition coefficient (Wildman–Crippen LogP) is 4.23. The number of hydrogen-bond acceptors (Lipinski definition) is 4. The van der Waals surface area contributed by atoms with Crippen molar-refractivity contribution in [1.82, 2.24) is 14.7 Å². The Labute approximate surface area is 194 Å². The Morgan fingerprint density at radius 1 is 1.09 bits per heavy atom. The first kappa shape index (κ1) is 21.2. The van der Waals surface area contributed by atoms with Crippen molar-refractivity contribution in [2.45, 2.75) is 24.7 Å². The zero-order chi connectivity index (χ0) is 23.2. The SMILES string of the molecule is [C-]#[N+]c1nn(-c2ccc(OC)cc2)c2c1CCN(c1ccc(C3(CN(C)C)CC3)cc1)C2=O. The third kappa shape index (κ3) is 3.66. The summed E-state index contributed by atoms with van der Waals surface area (Å²) in [6.07, 6.45) is 3.01. The second-order valence-corrected chi connectivity index (χ2v) is 9.14. The predicted molar refractivity (Wildman–Crippen MR) is 128 cm³/mol. The summed E-state index contributed by atoms with van der Waals surface area (Å²) in [5, 5.41) is 4.47. The number of carbonyl (C=O) groups excluding carboxylic acids is 1. The number of ether oxygens (including phenoxy) is 1. The molecule has 2 aliphatic rings. The number of hydrogen-bond donors (Lipinski definition) is 0. The van der Waals surface area contributed by atoms with Crippen LogP contribution in [0.5, 0.6) is 5.75 Å². The standard InChI is InChI=1S/C26H27N5O2/c1-27-24-22-13-16-30(19-7-5-18(6-8-19)26(14-15-26)17-29(2)3)25(32)23(22)31(28-24)20-9-11-21(33-4)12-10-20/h5-12H,13-17H2,2-4H3. The van der Waals surface area contributed by atoms with Crippen molar-refractivity contribution in [3.05, 3.63) is 76.8 Å². The number of benzene rings is 2. The van der Waals surface area contributed by atoms with Crippen LogP contribution in [0.25, 0.3) is 10.5 Å². The minimum Gasteiger partial charge on any atom is -0.497 e. The van der Waals surface area contributed by atoms with Gasteiger partial charge in [-0.1, -0.05) is 18.7 Å². The van der Waals surface area contributed by atoms with Crippen LogP contribution in [-0.4, -0.2) is 54.9 Å². The molecule has 1 amide bonds. The molecule has 0 atom stereocenters. The van der Waals surface area contributed by atoms with E-state index in [0.717, 1.165) is 29.2 Å². The molecule has 1 aromatic heterocycles. The average Bonchev–Trinajstić information content (AvgIpc) is 3.50. The Kier molecular flexibility index (Phi) is 5.18. The molecule has 0 N–H and O–H groups in total. The third-order valence-corrected chi connectivity index (χ3v) is 6.68. The van der Waals surface area contributed by atoms with Crippen LogP contribution >= 0.6 is 0 Å². The fourth-order valence-electron chi connectivity index (χ4n) is 4.88. The molecule has 33 heavy (non-hydrogen) atoms. The summed E-state index contributed by atoms with van der Waals surface area (Å²) >= 11 is 0. The zero-order valence-electron chi connectivity index (χ0n) is 19.2. The summed E-state index contributed by atoms with van der Waals surface area (Å²) in [5.41, 5.74) is 4.38. The normalized spacial score (nSPS) is 16.5. The van der Waals surface area contributed by atoms with Crippen molar-refractivity contribution in [1.29, 1.82) is 0 Å². The molecule has 0 saturated heterocycles. The van der Waals surface area contributed by atoms with Gasteiger partial charge in [-0.05, 0) is 80.4 Å². The lowest BCUT2D eigenvalue weighted by molar-refractivity contribution is 0.0973. The van der Waals surface area contributed by atoms with Gasteiger partial charge in [-0.3, -0.25) is 4.79 Å². The van der Waals surface area contributed by atoms with Gasteiger partial charge in [-0.25, -0.2) is 0 Å². The maximum Gasteiger partial charge on any atom is 0.300 e. The molecule has 5 rings (SSSR count). The summed E-state index contributed by atoms with van der Waals surface area (Å²) in [6.45, 7) is 9.11. The number of methoxy groups -OCH3 is 1. The lowest BCUT2D eigenvalue weighted by Gasteiger charge is -2.28. The van der Waals surface area contributed by atoms with E-state index in [9.17, 15) is 4.79 Å². The number of anilines is 1. The molecule has 7 nitrogen and oxygen atoms in total. The minimum absolute atomic E-state index is 0.128. The first-order valence-electron chi connectivity index (χ1n) is 11.2. The van der Waals surface area contributed by atoms with Crippen molar-refractivity contribution < 1.29 is 9.53 Å². The second kappa shape index (κ2) is 8.05. The lowest BCUT2D eigenvalue weighted by atomic mass is 9.95. The molecular weight excluding hydrogens is 414 g/mol. The van der Waals surface area contributed by atoms with Crippen molar-refractivity contribution in [2.24, 2.45) is 0 Å². The van der Waals surface area contributed by atoms with Crippen LogP contribution in [0, 0.1) is 6.57 Å². The minimum atomic E-state index is -0.128. The van der Waals surface area contributed by atoms with Crippen molar-refractivity contribution in [3.8, 4) is 11.4 Å². The topological polar surface area (TPSA) is 55.0 Å². The summed E-state index contributed by atoms with van der Waals surface area (Å²) in [7, 11) is 5.84. The molecule has 2 heterocycles. The number of nitrogens with zero attached hydrogens (tertiary/aromatic N) is 5. The number of amides is 1. The molecule has 7 heteroatoms. The third-order valence-electron chi connectivity index (χ3n) is 6.68. The molecule has 168 valence electrons. The second-order valence-electron chi connectivity index (χ2n) is 9.14. The van der Waals surface area contributed by atoms with Gasteiger partial charge in [0, 0.05) is 29.8 Å². The highest BCUT2D eigenvalue weighted by atomic mass is 16.5. The van der Waals surface area contributed by atoms with E-state index < -0.39 is 0 Å². The van der Waals surface area contributed by atoms with Gasteiger partial charge in [-0.2, -0.15) is 4.68 Å².